The summed E-state index contributed by atoms with van der Waals surface area (Å²) >= 11 is 0. The molecule has 0 saturated heterocycles. The smallest absolute Gasteiger partial charge is 0.140 e. The molecule has 1 aromatic rings. The Kier molecular flexibility index (Phi) is 4.12. The summed E-state index contributed by atoms with van der Waals surface area (Å²) in [5, 5.41) is 10.7. The highest BCUT2D eigenvalue weighted by Crippen LogP contribution is 2.68. The number of hydrogen-bond donors (Lipinski definition) is 1. The maximum Gasteiger partial charge on any atom is 0.140 e. The topological polar surface area (TPSA) is 37.3 Å². The molecule has 5 aliphatic carbocycles. The molecule has 0 radical (unpaired) electrons. The number of benzene rings is 1. The summed E-state index contributed by atoms with van der Waals surface area (Å²) < 4.78 is 0. The molecule has 0 amide bonds. The molecule has 0 aliphatic heterocycles. The van der Waals surface area contributed by atoms with Gasteiger partial charge in [0.05, 0.1) is 5.60 Å². The highest BCUT2D eigenvalue weighted by atomic mass is 16.3. The maximum absolute atomic E-state index is 13.3. The van der Waals surface area contributed by atoms with E-state index in [2.05, 4.69) is 31.2 Å². The largest absolute Gasteiger partial charge is 0.390 e. The van der Waals surface area contributed by atoms with Crippen LogP contribution in [0.4, 0.5) is 0 Å². The molecule has 5 saturated carbocycles. The number of hydrogen-bond acceptors (Lipinski definition) is 2. The number of Topliss-reactive ketones (excluding diaryl/α,β-unsaturated/α-hetero) is 1. The van der Waals surface area contributed by atoms with Gasteiger partial charge in [-0.25, -0.2) is 0 Å². The van der Waals surface area contributed by atoms with Gasteiger partial charge in [-0.05, 0) is 104 Å². The molecule has 1 aromatic carbocycles. The van der Waals surface area contributed by atoms with Crippen molar-refractivity contribution < 1.29 is 9.90 Å². The quantitative estimate of drug-likeness (QED) is 0.745. The molecule has 1 N–H and O–H groups in total. The average molecular weight is 393 g/mol. The first-order chi connectivity index (χ1) is 14.0. The van der Waals surface area contributed by atoms with Crippen LogP contribution in [0, 0.1) is 46.8 Å². The summed E-state index contributed by atoms with van der Waals surface area (Å²) in [4.78, 5) is 13.3. The van der Waals surface area contributed by atoms with Crippen molar-refractivity contribution in [3.8, 4) is 0 Å². The lowest BCUT2D eigenvalue weighted by Gasteiger charge is -2.56. The van der Waals surface area contributed by atoms with Crippen molar-refractivity contribution in [2.75, 3.05) is 0 Å². The minimum absolute atomic E-state index is 0.231. The molecule has 9 unspecified atom stereocenters. The van der Waals surface area contributed by atoms with Crippen LogP contribution in [0.3, 0.4) is 0 Å². The van der Waals surface area contributed by atoms with Crippen molar-refractivity contribution in [1.29, 1.82) is 0 Å². The molecule has 0 spiro atoms. The molecule has 5 aliphatic rings. The third kappa shape index (κ3) is 2.74. The first kappa shape index (κ1) is 18.6. The Labute approximate surface area is 175 Å². The Morgan fingerprint density at radius 2 is 1.59 bits per heavy atom. The molecule has 2 heteroatoms. The normalized spacial score (nSPS) is 50.1. The molecule has 6 rings (SSSR count). The average Bonchev–Trinajstić information content (AvgIpc) is 3.29. The molecule has 0 bridgehead atoms. The zero-order valence-corrected chi connectivity index (χ0v) is 17.9. The van der Waals surface area contributed by atoms with Gasteiger partial charge >= 0.3 is 0 Å². The van der Waals surface area contributed by atoms with E-state index in [1.165, 1.54) is 44.1 Å². The lowest BCUT2D eigenvalue weighted by molar-refractivity contribution is -0.130. The van der Waals surface area contributed by atoms with Crippen LogP contribution in [-0.2, 0) is 11.2 Å². The first-order valence-electron chi connectivity index (χ1n) is 12.3. The second-order valence-electron chi connectivity index (χ2n) is 11.6. The van der Waals surface area contributed by atoms with Crippen LogP contribution in [-0.4, -0.2) is 16.5 Å². The molecule has 2 nitrogen and oxygen atoms in total. The predicted molar refractivity (Wildman–Crippen MR) is 114 cm³/mol. The fourth-order valence-corrected chi connectivity index (χ4v) is 9.13. The number of rotatable bonds is 3. The SMILES string of the molecule is CC12CCC3C4CCC5(O)CC5C4CCC3C1CCC2C(=O)Cc1ccccc1. The predicted octanol–water partition coefficient (Wildman–Crippen LogP) is 5.43. The third-order valence-electron chi connectivity index (χ3n) is 10.6. The monoisotopic (exact) mass is 392 g/mol. The van der Waals surface area contributed by atoms with E-state index < -0.39 is 0 Å². The van der Waals surface area contributed by atoms with E-state index in [1.54, 1.807) is 0 Å². The fourth-order valence-electron chi connectivity index (χ4n) is 9.13. The van der Waals surface area contributed by atoms with Gasteiger partial charge in [0.1, 0.15) is 5.78 Å². The fraction of sp³-hybridized carbons (Fsp3) is 0.741. The Morgan fingerprint density at radius 3 is 2.34 bits per heavy atom. The summed E-state index contributed by atoms with van der Waals surface area (Å²) in [5.74, 6) is 5.53. The Hall–Kier alpha value is -1.15. The van der Waals surface area contributed by atoms with E-state index >= 15 is 0 Å². The molecule has 0 heterocycles. The van der Waals surface area contributed by atoms with E-state index in [-0.39, 0.29) is 16.9 Å². The summed E-state index contributed by atoms with van der Waals surface area (Å²) in [6.45, 7) is 2.47. The Bertz CT molecular complexity index is 802. The van der Waals surface area contributed by atoms with Crippen LogP contribution in [0.2, 0.25) is 0 Å². The second kappa shape index (κ2) is 6.42. The third-order valence-corrected chi connectivity index (χ3v) is 10.6. The minimum Gasteiger partial charge on any atom is -0.390 e. The van der Waals surface area contributed by atoms with Crippen molar-refractivity contribution in [3.05, 3.63) is 35.9 Å². The minimum atomic E-state index is -0.264. The van der Waals surface area contributed by atoms with Crippen molar-refractivity contribution in [2.45, 2.75) is 76.7 Å². The van der Waals surface area contributed by atoms with Crippen LogP contribution >= 0.6 is 0 Å². The van der Waals surface area contributed by atoms with Crippen LogP contribution in [0.5, 0.6) is 0 Å². The van der Waals surface area contributed by atoms with Crippen molar-refractivity contribution in [2.24, 2.45) is 46.8 Å². The van der Waals surface area contributed by atoms with E-state index in [4.69, 9.17) is 0 Å². The van der Waals surface area contributed by atoms with Crippen LogP contribution < -0.4 is 0 Å². The number of ketones is 1. The number of fused-ring (bicyclic) bond motifs is 7. The van der Waals surface area contributed by atoms with E-state index in [9.17, 15) is 9.90 Å². The standard InChI is InChI=1S/C27H36O2/c1-26-13-11-18-19-12-14-27(29)16-24(27)21(19)8-7-20(18)22(26)9-10-23(26)25(28)15-17-5-3-2-4-6-17/h2-6,18-24,29H,7-16H2,1H3. The van der Waals surface area contributed by atoms with Gasteiger partial charge in [0.15, 0.2) is 0 Å². The highest BCUT2D eigenvalue weighted by molar-refractivity contribution is 5.84. The zero-order chi connectivity index (χ0) is 19.8. The molecule has 5 fully saturated rings. The van der Waals surface area contributed by atoms with E-state index in [0.29, 0.717) is 18.1 Å². The van der Waals surface area contributed by atoms with Gasteiger partial charge in [0.2, 0.25) is 0 Å². The van der Waals surface area contributed by atoms with Crippen LogP contribution in [0.1, 0.15) is 70.3 Å². The van der Waals surface area contributed by atoms with Gasteiger partial charge in [-0.15, -0.1) is 0 Å². The van der Waals surface area contributed by atoms with Crippen molar-refractivity contribution in [1.82, 2.24) is 0 Å². The Balaban J connectivity index is 1.20. The van der Waals surface area contributed by atoms with Gasteiger partial charge < -0.3 is 5.11 Å². The van der Waals surface area contributed by atoms with E-state index in [1.807, 2.05) is 6.07 Å². The summed E-state index contributed by atoms with van der Waals surface area (Å²) in [6, 6.07) is 10.3. The van der Waals surface area contributed by atoms with Gasteiger partial charge in [-0.1, -0.05) is 37.3 Å². The summed E-state index contributed by atoms with van der Waals surface area (Å²) in [5.41, 5.74) is 1.15. The number of carbonyl (C=O) groups excluding carboxylic acids is 1. The van der Waals surface area contributed by atoms with Crippen LogP contribution in [0.25, 0.3) is 0 Å². The molecule has 9 atom stereocenters. The Morgan fingerprint density at radius 1 is 0.897 bits per heavy atom. The van der Waals surface area contributed by atoms with Gasteiger partial charge in [0.25, 0.3) is 0 Å². The molecular formula is C27H36O2. The highest BCUT2D eigenvalue weighted by Gasteiger charge is 2.65. The first-order valence-corrected chi connectivity index (χ1v) is 12.3. The van der Waals surface area contributed by atoms with Gasteiger partial charge in [0, 0.05) is 12.3 Å². The molecule has 156 valence electrons. The van der Waals surface area contributed by atoms with Gasteiger partial charge in [-0.3, -0.25) is 4.79 Å². The summed E-state index contributed by atoms with van der Waals surface area (Å²) in [7, 11) is 0. The molecular weight excluding hydrogens is 356 g/mol. The zero-order valence-electron chi connectivity index (χ0n) is 17.9. The molecule has 29 heavy (non-hydrogen) atoms. The lowest BCUT2D eigenvalue weighted by atomic mass is 9.49. The lowest BCUT2D eigenvalue weighted by Crippen LogP contribution is -2.50. The van der Waals surface area contributed by atoms with E-state index in [0.717, 1.165) is 48.9 Å². The second-order valence-corrected chi connectivity index (χ2v) is 11.6. The summed E-state index contributed by atoms with van der Waals surface area (Å²) in [6.07, 6.45) is 11.7. The van der Waals surface area contributed by atoms with Crippen molar-refractivity contribution in [3.63, 3.8) is 0 Å². The number of aliphatic hydroxyl groups is 1. The van der Waals surface area contributed by atoms with Crippen LogP contribution in [0.15, 0.2) is 30.3 Å². The molecule has 0 aromatic heterocycles. The van der Waals surface area contributed by atoms with Crippen molar-refractivity contribution >= 4 is 5.78 Å². The number of carbonyl (C=O) groups is 1. The van der Waals surface area contributed by atoms with Gasteiger partial charge in [-0.2, -0.15) is 0 Å². The maximum atomic E-state index is 13.3.